The summed E-state index contributed by atoms with van der Waals surface area (Å²) in [6.45, 7) is 3.32. The first-order valence-corrected chi connectivity index (χ1v) is 13.0. The van der Waals surface area contributed by atoms with Gasteiger partial charge in [-0.25, -0.2) is 0 Å². The molecule has 2 unspecified atom stereocenters. The van der Waals surface area contributed by atoms with Gasteiger partial charge >= 0.3 is 0 Å². The molecule has 40 heavy (non-hydrogen) atoms. The maximum Gasteiger partial charge on any atom is 0.196 e. The average Bonchev–Trinajstić information content (AvgIpc) is 2.90. The van der Waals surface area contributed by atoms with E-state index < -0.39 is 0 Å². The Bertz CT molecular complexity index is 1650. The molecule has 2 atom stereocenters. The molecule has 1 saturated carbocycles. The Balaban J connectivity index is 1.51. The Kier molecular flexibility index (Phi) is 7.34. The Morgan fingerprint density at radius 2 is 1.15 bits per heavy atom. The zero-order valence-corrected chi connectivity index (χ0v) is 22.7. The summed E-state index contributed by atoms with van der Waals surface area (Å²) in [6, 6.07) is 5.04. The smallest absolute Gasteiger partial charge is 0.196 e. The molecule has 10 heteroatoms. The molecule has 0 saturated heterocycles. The van der Waals surface area contributed by atoms with Crippen LogP contribution in [0.3, 0.4) is 0 Å². The first-order chi connectivity index (χ1) is 19.2. The molecular formula is C30H30N2O8. The minimum absolute atomic E-state index is 0.127. The van der Waals surface area contributed by atoms with Crippen LogP contribution in [0.1, 0.15) is 48.3 Å². The quantitative estimate of drug-likeness (QED) is 0.328. The van der Waals surface area contributed by atoms with E-state index >= 15 is 0 Å². The van der Waals surface area contributed by atoms with Crippen LogP contribution < -0.4 is 20.3 Å². The van der Waals surface area contributed by atoms with Crippen molar-refractivity contribution in [2.24, 2.45) is 9.98 Å². The molecule has 2 aromatic carbocycles. The molecule has 2 heterocycles. The van der Waals surface area contributed by atoms with Crippen molar-refractivity contribution in [3.63, 3.8) is 0 Å². The number of aryl methyl sites for hydroxylation is 2. The number of nitrogens with zero attached hydrogens (tertiary/aromatic N) is 2. The van der Waals surface area contributed by atoms with Gasteiger partial charge in [0.1, 0.15) is 56.5 Å². The highest BCUT2D eigenvalue weighted by Crippen LogP contribution is 2.36. The van der Waals surface area contributed by atoms with Gasteiger partial charge in [-0.1, -0.05) is 12.8 Å². The molecule has 0 aliphatic heterocycles. The number of benzene rings is 2. The number of phenols is 2. The number of phenolic OH excluding ortho intramolecular Hbond substituents is 2. The molecule has 0 spiro atoms. The van der Waals surface area contributed by atoms with Crippen LogP contribution in [0.2, 0.25) is 0 Å². The van der Waals surface area contributed by atoms with Crippen LogP contribution in [0, 0.1) is 13.8 Å². The number of rotatable bonds is 6. The number of hydrogen-bond donors (Lipinski definition) is 2. The maximum absolute atomic E-state index is 12.7. The van der Waals surface area contributed by atoms with Crippen LogP contribution in [0.25, 0.3) is 21.9 Å². The lowest BCUT2D eigenvalue weighted by molar-refractivity contribution is 0.388. The lowest BCUT2D eigenvalue weighted by Crippen LogP contribution is -2.27. The minimum Gasteiger partial charge on any atom is -0.507 e. The van der Waals surface area contributed by atoms with Crippen LogP contribution in [-0.4, -0.2) is 48.9 Å². The van der Waals surface area contributed by atoms with E-state index in [4.69, 9.17) is 28.3 Å². The zero-order chi connectivity index (χ0) is 28.6. The average molecular weight is 547 g/mol. The Labute approximate surface area is 229 Å². The van der Waals surface area contributed by atoms with Crippen molar-refractivity contribution in [2.75, 3.05) is 14.2 Å². The van der Waals surface area contributed by atoms with Gasteiger partial charge in [0.25, 0.3) is 0 Å². The number of aromatic hydroxyl groups is 2. The third kappa shape index (κ3) is 4.92. The normalized spacial score (nSPS) is 17.8. The standard InChI is InChI=1S/C30H30N2O8/c1-15-9-23(35)27-25(39-15)11-21(33)17(29(27)37-3)13-31-19-7-5-6-8-20(19)32-14-18-22(34)12-26-28(30(18)38-4)24(36)10-16(2)40-26/h9-14,19-20,33-34H,5-8H2,1-4H3. The van der Waals surface area contributed by atoms with Gasteiger partial charge in [-0.05, 0) is 26.7 Å². The predicted octanol–water partition coefficient (Wildman–Crippen LogP) is 4.79. The fourth-order valence-electron chi connectivity index (χ4n) is 5.27. The van der Waals surface area contributed by atoms with Crippen LogP contribution >= 0.6 is 0 Å². The van der Waals surface area contributed by atoms with E-state index in [9.17, 15) is 19.8 Å². The van der Waals surface area contributed by atoms with E-state index in [1.54, 1.807) is 13.8 Å². The van der Waals surface area contributed by atoms with Gasteiger partial charge in [-0.15, -0.1) is 0 Å². The van der Waals surface area contributed by atoms with Crippen LogP contribution in [0.4, 0.5) is 0 Å². The van der Waals surface area contributed by atoms with Crippen molar-refractivity contribution in [3.05, 3.63) is 67.4 Å². The van der Waals surface area contributed by atoms with E-state index in [2.05, 4.69) is 0 Å². The van der Waals surface area contributed by atoms with E-state index in [1.807, 2.05) is 0 Å². The first-order valence-electron chi connectivity index (χ1n) is 13.0. The fraction of sp³-hybridized carbons (Fsp3) is 0.333. The van der Waals surface area contributed by atoms with E-state index in [0.717, 1.165) is 25.7 Å². The van der Waals surface area contributed by atoms with Gasteiger partial charge in [0, 0.05) is 36.7 Å². The highest BCUT2D eigenvalue weighted by molar-refractivity contribution is 5.99. The van der Waals surface area contributed by atoms with Crippen molar-refractivity contribution < 1.29 is 28.5 Å². The van der Waals surface area contributed by atoms with Gasteiger partial charge in [-0.3, -0.25) is 19.6 Å². The van der Waals surface area contributed by atoms with Gasteiger partial charge in [0.2, 0.25) is 0 Å². The van der Waals surface area contributed by atoms with E-state index in [-0.39, 0.29) is 79.0 Å². The minimum atomic E-state index is -0.279. The summed E-state index contributed by atoms with van der Waals surface area (Å²) in [5, 5.41) is 21.9. The largest absolute Gasteiger partial charge is 0.507 e. The van der Waals surface area contributed by atoms with Crippen molar-refractivity contribution in [1.82, 2.24) is 0 Å². The molecular weight excluding hydrogens is 516 g/mol. The molecule has 1 aliphatic rings. The molecule has 1 aliphatic carbocycles. The third-order valence-electron chi connectivity index (χ3n) is 7.12. The highest BCUT2D eigenvalue weighted by atomic mass is 16.5. The monoisotopic (exact) mass is 546 g/mol. The first kappa shape index (κ1) is 27.0. The number of aliphatic imine (C=N–C) groups is 2. The third-order valence-corrected chi connectivity index (χ3v) is 7.12. The van der Waals surface area contributed by atoms with E-state index in [0.29, 0.717) is 11.5 Å². The van der Waals surface area contributed by atoms with Crippen molar-refractivity contribution in [3.8, 4) is 23.0 Å². The highest BCUT2D eigenvalue weighted by Gasteiger charge is 2.25. The lowest BCUT2D eigenvalue weighted by atomic mass is 9.91. The molecule has 10 nitrogen and oxygen atoms in total. The van der Waals surface area contributed by atoms with Crippen molar-refractivity contribution in [2.45, 2.75) is 51.6 Å². The molecule has 0 amide bonds. The summed E-state index contributed by atoms with van der Waals surface area (Å²) in [5.74, 6) is 0.961. The topological polar surface area (TPSA) is 144 Å². The van der Waals surface area contributed by atoms with Crippen LogP contribution in [0.15, 0.2) is 52.7 Å². The molecule has 4 aromatic rings. The summed E-state index contributed by atoms with van der Waals surface area (Å²) in [7, 11) is 2.84. The summed E-state index contributed by atoms with van der Waals surface area (Å²) in [6.07, 6.45) is 6.41. The summed E-state index contributed by atoms with van der Waals surface area (Å²) < 4.78 is 22.2. The second kappa shape index (κ2) is 10.9. The molecule has 2 aromatic heterocycles. The molecule has 208 valence electrons. The van der Waals surface area contributed by atoms with Gasteiger partial charge in [0.15, 0.2) is 10.9 Å². The Morgan fingerprint density at radius 3 is 1.52 bits per heavy atom. The molecule has 5 rings (SSSR count). The second-order valence-corrected chi connectivity index (χ2v) is 9.85. The molecule has 2 N–H and O–H groups in total. The van der Waals surface area contributed by atoms with Gasteiger partial charge < -0.3 is 28.5 Å². The summed E-state index contributed by atoms with van der Waals surface area (Å²) >= 11 is 0. The van der Waals surface area contributed by atoms with Crippen LogP contribution in [-0.2, 0) is 0 Å². The van der Waals surface area contributed by atoms with Gasteiger partial charge in [-0.2, -0.15) is 0 Å². The predicted molar refractivity (Wildman–Crippen MR) is 152 cm³/mol. The Hall–Kier alpha value is -4.60. The zero-order valence-electron chi connectivity index (χ0n) is 22.7. The van der Waals surface area contributed by atoms with Gasteiger partial charge in [0.05, 0.1) is 37.4 Å². The molecule has 1 fully saturated rings. The molecule has 0 radical (unpaired) electrons. The maximum atomic E-state index is 12.7. The number of ether oxygens (including phenoxy) is 2. The molecule has 0 bridgehead atoms. The lowest BCUT2D eigenvalue weighted by Gasteiger charge is -2.25. The Morgan fingerprint density at radius 1 is 0.750 bits per heavy atom. The summed E-state index contributed by atoms with van der Waals surface area (Å²) in [5.41, 5.74) is 0.443. The van der Waals surface area contributed by atoms with Crippen molar-refractivity contribution in [1.29, 1.82) is 0 Å². The SMILES string of the molecule is COc1c(C=NC2CCCCC2N=Cc2c(O)cc3oc(C)cc(=O)c3c2OC)c(O)cc2oc(C)cc(=O)c12. The number of methoxy groups -OCH3 is 2. The second-order valence-electron chi connectivity index (χ2n) is 9.85. The number of fused-ring (bicyclic) bond motifs is 2. The summed E-state index contributed by atoms with van der Waals surface area (Å²) in [4.78, 5) is 34.8. The van der Waals surface area contributed by atoms with Crippen molar-refractivity contribution >= 4 is 34.4 Å². The number of hydrogen-bond acceptors (Lipinski definition) is 10. The van der Waals surface area contributed by atoms with Crippen LogP contribution in [0.5, 0.6) is 23.0 Å². The fourth-order valence-corrected chi connectivity index (χ4v) is 5.27. The van der Waals surface area contributed by atoms with E-state index in [1.165, 1.54) is 50.9 Å².